The van der Waals surface area contributed by atoms with Crippen molar-refractivity contribution in [3.05, 3.63) is 57.6 Å². The highest BCUT2D eigenvalue weighted by atomic mass is 35.5. The van der Waals surface area contributed by atoms with Crippen molar-refractivity contribution in [1.82, 2.24) is 5.43 Å². The fourth-order valence-corrected chi connectivity index (χ4v) is 2.46. The smallest absolute Gasteiger partial charge is 0.341 e. The lowest BCUT2D eigenvalue weighted by atomic mass is 10.2. The molecule has 0 unspecified atom stereocenters. The van der Waals surface area contributed by atoms with Crippen molar-refractivity contribution >= 4 is 35.4 Å². The van der Waals surface area contributed by atoms with Gasteiger partial charge in [0.25, 0.3) is 0 Å². The monoisotopic (exact) mass is 382 g/mol. The summed E-state index contributed by atoms with van der Waals surface area (Å²) < 4.78 is 10.3. The number of carbonyl (C=O) groups is 1. The zero-order chi connectivity index (χ0) is 18.2. The second-order valence-electron chi connectivity index (χ2n) is 4.90. The quantitative estimate of drug-likeness (QED) is 0.538. The molecule has 25 heavy (non-hydrogen) atoms. The second-order valence-corrected chi connectivity index (χ2v) is 5.72. The van der Waals surface area contributed by atoms with Crippen molar-refractivity contribution in [3.63, 3.8) is 0 Å². The van der Waals surface area contributed by atoms with E-state index in [0.717, 1.165) is 5.56 Å². The third kappa shape index (κ3) is 5.55. The maximum atomic E-state index is 10.6. The normalized spacial score (nSPS) is 10.7. The number of carboxylic acids is 1. The van der Waals surface area contributed by atoms with Crippen molar-refractivity contribution in [2.75, 3.05) is 13.7 Å². The number of aliphatic carboxylic acids is 1. The summed E-state index contributed by atoms with van der Waals surface area (Å²) in [7, 11) is 1.44. The Balaban J connectivity index is 2.05. The molecule has 0 amide bonds. The van der Waals surface area contributed by atoms with Gasteiger partial charge in [0, 0.05) is 5.02 Å². The van der Waals surface area contributed by atoms with E-state index in [9.17, 15) is 4.79 Å². The fourth-order valence-electron chi connectivity index (χ4n) is 1.98. The fraction of sp³-hybridized carbons (Fsp3) is 0.176. The maximum absolute atomic E-state index is 10.6. The molecular weight excluding hydrogens is 367 g/mol. The Morgan fingerprint density at radius 2 is 2.04 bits per heavy atom. The van der Waals surface area contributed by atoms with E-state index in [2.05, 4.69) is 10.5 Å². The van der Waals surface area contributed by atoms with E-state index in [1.807, 2.05) is 24.3 Å². The molecule has 0 saturated carbocycles. The average Bonchev–Trinajstić information content (AvgIpc) is 2.58. The molecular formula is C17H16Cl2N2O4. The van der Waals surface area contributed by atoms with Gasteiger partial charge in [-0.05, 0) is 29.3 Å². The standard InChI is InChI=1S/C17H16Cl2N2O4/c1-24-15-7-11(6-14(19)17(15)25-10-16(22)23)8-20-21-9-12-4-2-3-5-13(12)18/h2-8,21H,9-10H2,1H3,(H,22,23)/b20-8-. The summed E-state index contributed by atoms with van der Waals surface area (Å²) >= 11 is 12.2. The third-order valence-electron chi connectivity index (χ3n) is 3.12. The van der Waals surface area contributed by atoms with Gasteiger partial charge < -0.3 is 20.0 Å². The molecule has 2 aromatic carbocycles. The average molecular weight is 383 g/mol. The topological polar surface area (TPSA) is 80.1 Å². The largest absolute Gasteiger partial charge is 0.493 e. The summed E-state index contributed by atoms with van der Waals surface area (Å²) in [6.45, 7) is -0.0379. The lowest BCUT2D eigenvalue weighted by molar-refractivity contribution is -0.139. The zero-order valence-electron chi connectivity index (χ0n) is 13.3. The van der Waals surface area contributed by atoms with Crippen LogP contribution in [-0.4, -0.2) is 31.0 Å². The highest BCUT2D eigenvalue weighted by Crippen LogP contribution is 2.36. The van der Waals surface area contributed by atoms with Crippen LogP contribution in [-0.2, 0) is 11.3 Å². The summed E-state index contributed by atoms with van der Waals surface area (Å²) in [6, 6.07) is 10.7. The van der Waals surface area contributed by atoms with Gasteiger partial charge in [-0.3, -0.25) is 0 Å². The van der Waals surface area contributed by atoms with Crippen molar-refractivity contribution < 1.29 is 19.4 Å². The van der Waals surface area contributed by atoms with E-state index in [0.29, 0.717) is 22.9 Å². The number of hydrazone groups is 1. The first-order valence-corrected chi connectivity index (χ1v) is 7.98. The molecule has 2 rings (SSSR count). The number of hydrogen-bond acceptors (Lipinski definition) is 5. The van der Waals surface area contributed by atoms with Gasteiger partial charge in [-0.15, -0.1) is 0 Å². The lowest BCUT2D eigenvalue weighted by Gasteiger charge is -2.11. The number of nitrogens with zero attached hydrogens (tertiary/aromatic N) is 1. The highest BCUT2D eigenvalue weighted by molar-refractivity contribution is 6.32. The number of rotatable bonds is 8. The van der Waals surface area contributed by atoms with Gasteiger partial charge in [-0.2, -0.15) is 5.10 Å². The Hall–Kier alpha value is -2.44. The van der Waals surface area contributed by atoms with Crippen LogP contribution in [0.3, 0.4) is 0 Å². The molecule has 0 bridgehead atoms. The first-order chi connectivity index (χ1) is 12.0. The predicted molar refractivity (Wildman–Crippen MR) is 97.0 cm³/mol. The third-order valence-corrected chi connectivity index (χ3v) is 3.77. The van der Waals surface area contributed by atoms with Crippen LogP contribution in [0.15, 0.2) is 41.5 Å². The second kappa shape index (κ2) is 9.15. The van der Waals surface area contributed by atoms with Crippen LogP contribution in [0, 0.1) is 0 Å². The predicted octanol–water partition coefficient (Wildman–Crippen LogP) is 3.59. The van der Waals surface area contributed by atoms with Gasteiger partial charge in [-0.25, -0.2) is 4.79 Å². The van der Waals surface area contributed by atoms with E-state index < -0.39 is 12.6 Å². The van der Waals surface area contributed by atoms with Crippen molar-refractivity contribution in [2.45, 2.75) is 6.54 Å². The van der Waals surface area contributed by atoms with Gasteiger partial charge in [-0.1, -0.05) is 41.4 Å². The SMILES string of the molecule is COc1cc(/C=N\NCc2ccccc2Cl)cc(Cl)c1OCC(=O)O. The summed E-state index contributed by atoms with van der Waals surface area (Å²) in [4.78, 5) is 10.6. The number of benzene rings is 2. The molecule has 132 valence electrons. The number of ether oxygens (including phenoxy) is 2. The van der Waals surface area contributed by atoms with Crippen LogP contribution in [0.2, 0.25) is 10.0 Å². The van der Waals surface area contributed by atoms with Crippen LogP contribution in [0.5, 0.6) is 11.5 Å². The summed E-state index contributed by atoms with van der Waals surface area (Å²) in [5.41, 5.74) is 4.48. The van der Waals surface area contributed by atoms with Gasteiger partial charge >= 0.3 is 5.97 Å². The zero-order valence-corrected chi connectivity index (χ0v) is 14.8. The Morgan fingerprint density at radius 1 is 1.28 bits per heavy atom. The first-order valence-electron chi connectivity index (χ1n) is 7.22. The molecule has 2 N–H and O–H groups in total. The van der Waals surface area contributed by atoms with E-state index >= 15 is 0 Å². The molecule has 0 aliphatic heterocycles. The lowest BCUT2D eigenvalue weighted by Crippen LogP contribution is -2.10. The molecule has 0 saturated heterocycles. The van der Waals surface area contributed by atoms with E-state index in [4.69, 9.17) is 37.8 Å². The van der Waals surface area contributed by atoms with Crippen LogP contribution in [0.1, 0.15) is 11.1 Å². The Labute approximate surface area is 155 Å². The molecule has 8 heteroatoms. The van der Waals surface area contributed by atoms with Gasteiger partial charge in [0.15, 0.2) is 18.1 Å². The van der Waals surface area contributed by atoms with Gasteiger partial charge in [0.1, 0.15) is 0 Å². The van der Waals surface area contributed by atoms with Crippen LogP contribution in [0.4, 0.5) is 0 Å². The molecule has 0 heterocycles. The Kier molecular flexibility index (Phi) is 6.91. The molecule has 0 radical (unpaired) electrons. The summed E-state index contributed by atoms with van der Waals surface area (Å²) in [5.74, 6) is -0.610. The van der Waals surface area contributed by atoms with Crippen LogP contribution in [0.25, 0.3) is 0 Å². The summed E-state index contributed by atoms with van der Waals surface area (Å²) in [6.07, 6.45) is 1.56. The van der Waals surface area contributed by atoms with E-state index in [-0.39, 0.29) is 10.8 Å². The number of nitrogens with one attached hydrogen (secondary N) is 1. The number of hydrogen-bond donors (Lipinski definition) is 2. The summed E-state index contributed by atoms with van der Waals surface area (Å²) in [5, 5.41) is 13.7. The van der Waals surface area contributed by atoms with Crippen molar-refractivity contribution in [1.29, 1.82) is 0 Å². The van der Waals surface area contributed by atoms with Crippen molar-refractivity contribution in [3.8, 4) is 11.5 Å². The van der Waals surface area contributed by atoms with Gasteiger partial charge in [0.05, 0.1) is 24.9 Å². The Bertz CT molecular complexity index is 781. The Morgan fingerprint density at radius 3 is 2.72 bits per heavy atom. The van der Waals surface area contributed by atoms with Crippen LogP contribution < -0.4 is 14.9 Å². The first kappa shape index (κ1) is 18.9. The van der Waals surface area contributed by atoms with E-state index in [1.165, 1.54) is 7.11 Å². The number of carboxylic acid groups (broad SMARTS) is 1. The minimum atomic E-state index is -1.10. The molecule has 0 aromatic heterocycles. The molecule has 2 aromatic rings. The number of halogens is 2. The molecule has 0 aliphatic carbocycles. The van der Waals surface area contributed by atoms with Gasteiger partial charge in [0.2, 0.25) is 0 Å². The number of methoxy groups -OCH3 is 1. The minimum Gasteiger partial charge on any atom is -0.493 e. The van der Waals surface area contributed by atoms with Crippen LogP contribution >= 0.6 is 23.2 Å². The maximum Gasteiger partial charge on any atom is 0.341 e. The molecule has 0 spiro atoms. The minimum absolute atomic E-state index is 0.174. The molecule has 0 fully saturated rings. The molecule has 0 atom stereocenters. The van der Waals surface area contributed by atoms with E-state index in [1.54, 1.807) is 18.3 Å². The molecule has 0 aliphatic rings. The van der Waals surface area contributed by atoms with Crippen molar-refractivity contribution in [2.24, 2.45) is 5.10 Å². The molecule has 6 nitrogen and oxygen atoms in total. The highest BCUT2D eigenvalue weighted by Gasteiger charge is 2.13.